The molecule has 0 aliphatic carbocycles. The van der Waals surface area contributed by atoms with Crippen LogP contribution >= 0.6 is 0 Å². The molecule has 0 fully saturated rings. The summed E-state index contributed by atoms with van der Waals surface area (Å²) in [6.45, 7) is 2.06. The van der Waals surface area contributed by atoms with E-state index >= 15 is 0 Å². The number of hydrogen-bond acceptors (Lipinski definition) is 4. The Kier molecular flexibility index (Phi) is 4.71. The van der Waals surface area contributed by atoms with Gasteiger partial charge < -0.3 is 5.73 Å². The molecule has 0 aliphatic rings. The molecule has 0 radical (unpaired) electrons. The van der Waals surface area contributed by atoms with Crippen molar-refractivity contribution in [3.05, 3.63) is 47.5 Å². The lowest BCUT2D eigenvalue weighted by Gasteiger charge is -2.11. The molecule has 0 spiro atoms. The summed E-state index contributed by atoms with van der Waals surface area (Å²) >= 11 is 0. The van der Waals surface area contributed by atoms with Gasteiger partial charge in [-0.25, -0.2) is 17.5 Å². The Bertz CT molecular complexity index is 714. The Balaban J connectivity index is 2.17. The highest BCUT2D eigenvalue weighted by Gasteiger charge is 2.19. The lowest BCUT2D eigenvalue weighted by molar-refractivity contribution is 0.556. The number of nitrogens with two attached hydrogens (primary N) is 1. The first-order valence-corrected chi connectivity index (χ1v) is 7.88. The van der Waals surface area contributed by atoms with Crippen molar-refractivity contribution in [2.45, 2.75) is 24.9 Å². The van der Waals surface area contributed by atoms with Crippen molar-refractivity contribution in [2.75, 3.05) is 6.54 Å². The highest BCUT2D eigenvalue weighted by molar-refractivity contribution is 7.89. The quantitative estimate of drug-likeness (QED) is 0.824. The van der Waals surface area contributed by atoms with E-state index in [9.17, 15) is 12.8 Å². The van der Waals surface area contributed by atoms with Crippen molar-refractivity contribution in [3.63, 3.8) is 0 Å². The van der Waals surface area contributed by atoms with Gasteiger partial charge in [0.05, 0.1) is 11.4 Å². The molecule has 0 amide bonds. The molecule has 2 aromatic rings. The molecule has 0 bridgehead atoms. The largest absolute Gasteiger partial charge is 0.326 e. The summed E-state index contributed by atoms with van der Waals surface area (Å²) < 4.78 is 42.3. The average Bonchev–Trinajstić information content (AvgIpc) is 2.94. The van der Waals surface area contributed by atoms with Crippen LogP contribution in [0.5, 0.6) is 0 Å². The average molecular weight is 312 g/mol. The Hall–Kier alpha value is -1.77. The molecular weight excluding hydrogens is 295 g/mol. The third-order valence-electron chi connectivity index (χ3n) is 3.07. The maximum atomic E-state index is 13.7. The minimum Gasteiger partial charge on any atom is -0.326 e. The van der Waals surface area contributed by atoms with Gasteiger partial charge in [0.1, 0.15) is 5.82 Å². The fourth-order valence-electron chi connectivity index (χ4n) is 1.91. The minimum absolute atomic E-state index is 0.0764. The van der Waals surface area contributed by atoms with E-state index in [1.54, 1.807) is 23.1 Å². The maximum Gasteiger partial charge on any atom is 0.241 e. The summed E-state index contributed by atoms with van der Waals surface area (Å²) in [5.74, 6) is -0.578. The number of hydrogen-bond donors (Lipinski definition) is 2. The first-order valence-electron chi connectivity index (χ1n) is 6.40. The van der Waals surface area contributed by atoms with Crippen molar-refractivity contribution in [1.82, 2.24) is 14.5 Å². The zero-order valence-electron chi connectivity index (χ0n) is 11.6. The highest BCUT2D eigenvalue weighted by Crippen LogP contribution is 2.20. The van der Waals surface area contributed by atoms with E-state index in [-0.39, 0.29) is 23.5 Å². The Morgan fingerprint density at radius 1 is 1.43 bits per heavy atom. The van der Waals surface area contributed by atoms with Crippen LogP contribution in [0.3, 0.4) is 0 Å². The molecule has 1 heterocycles. The number of sulfonamides is 1. The van der Waals surface area contributed by atoms with Gasteiger partial charge in [0.15, 0.2) is 0 Å². The van der Waals surface area contributed by atoms with Crippen LogP contribution in [0, 0.1) is 12.7 Å². The normalized spacial score (nSPS) is 11.8. The molecule has 1 aromatic carbocycles. The minimum atomic E-state index is -3.79. The Labute approximate surface area is 122 Å². The topological polar surface area (TPSA) is 90.0 Å². The fraction of sp³-hybridized carbons (Fsp3) is 0.308. The number of nitrogens with one attached hydrogen (secondary N) is 1. The predicted molar refractivity (Wildman–Crippen MR) is 76.4 cm³/mol. The second-order valence-electron chi connectivity index (χ2n) is 4.57. The summed E-state index contributed by atoms with van der Waals surface area (Å²) in [5.41, 5.74) is 5.97. The van der Waals surface area contributed by atoms with E-state index in [4.69, 9.17) is 5.73 Å². The second kappa shape index (κ2) is 6.33. The number of rotatable bonds is 6. The Morgan fingerprint density at radius 3 is 2.81 bits per heavy atom. The molecule has 0 aliphatic heterocycles. The predicted octanol–water partition coefficient (Wildman–Crippen LogP) is 0.768. The lowest BCUT2D eigenvalue weighted by atomic mass is 10.1. The van der Waals surface area contributed by atoms with Crippen LogP contribution in [0.1, 0.15) is 11.1 Å². The maximum absolute atomic E-state index is 13.7. The molecule has 114 valence electrons. The van der Waals surface area contributed by atoms with Gasteiger partial charge >= 0.3 is 0 Å². The highest BCUT2D eigenvalue weighted by atomic mass is 32.2. The molecule has 2 rings (SSSR count). The van der Waals surface area contributed by atoms with Crippen LogP contribution in [-0.4, -0.2) is 24.7 Å². The molecule has 1 aromatic heterocycles. The summed E-state index contributed by atoms with van der Waals surface area (Å²) in [7, 11) is -3.79. The summed E-state index contributed by atoms with van der Waals surface area (Å²) in [4.78, 5) is -0.0802. The molecule has 0 unspecified atom stereocenters. The van der Waals surface area contributed by atoms with Gasteiger partial charge in [-0.05, 0) is 30.7 Å². The van der Waals surface area contributed by atoms with Crippen molar-refractivity contribution >= 4 is 10.0 Å². The van der Waals surface area contributed by atoms with Gasteiger partial charge in [0.2, 0.25) is 10.0 Å². The first-order chi connectivity index (χ1) is 9.94. The van der Waals surface area contributed by atoms with Crippen LogP contribution in [0.25, 0.3) is 0 Å². The first kappa shape index (κ1) is 15.6. The SMILES string of the molecule is Cc1c(F)cc(CN)cc1S(=O)(=O)NCCn1cccn1. The third-order valence-corrected chi connectivity index (χ3v) is 4.66. The zero-order valence-corrected chi connectivity index (χ0v) is 12.4. The van der Waals surface area contributed by atoms with Crippen LogP contribution in [0.2, 0.25) is 0 Å². The van der Waals surface area contributed by atoms with E-state index < -0.39 is 15.8 Å². The van der Waals surface area contributed by atoms with Crippen molar-refractivity contribution in [3.8, 4) is 0 Å². The van der Waals surface area contributed by atoms with E-state index in [2.05, 4.69) is 9.82 Å². The van der Waals surface area contributed by atoms with Crippen LogP contribution in [0.4, 0.5) is 4.39 Å². The fourth-order valence-corrected chi connectivity index (χ4v) is 3.23. The van der Waals surface area contributed by atoms with Crippen molar-refractivity contribution in [1.29, 1.82) is 0 Å². The molecule has 21 heavy (non-hydrogen) atoms. The lowest BCUT2D eigenvalue weighted by Crippen LogP contribution is -2.28. The van der Waals surface area contributed by atoms with Gasteiger partial charge in [0, 0.05) is 31.0 Å². The van der Waals surface area contributed by atoms with E-state index in [1.807, 2.05) is 0 Å². The second-order valence-corrected chi connectivity index (χ2v) is 6.31. The van der Waals surface area contributed by atoms with E-state index in [0.29, 0.717) is 12.1 Å². The summed E-state index contributed by atoms with van der Waals surface area (Å²) in [6, 6.07) is 4.39. The molecule has 0 saturated heterocycles. The van der Waals surface area contributed by atoms with Crippen molar-refractivity contribution in [2.24, 2.45) is 5.73 Å². The van der Waals surface area contributed by atoms with Crippen LogP contribution in [-0.2, 0) is 23.1 Å². The van der Waals surface area contributed by atoms with Crippen LogP contribution in [0.15, 0.2) is 35.5 Å². The van der Waals surface area contributed by atoms with E-state index in [0.717, 1.165) is 0 Å². The van der Waals surface area contributed by atoms with Gasteiger partial charge in [-0.1, -0.05) is 0 Å². The van der Waals surface area contributed by atoms with Gasteiger partial charge in [-0.2, -0.15) is 5.10 Å². The third kappa shape index (κ3) is 3.66. The number of nitrogens with zero attached hydrogens (tertiary/aromatic N) is 2. The van der Waals surface area contributed by atoms with Gasteiger partial charge in [-0.15, -0.1) is 0 Å². The van der Waals surface area contributed by atoms with E-state index in [1.165, 1.54) is 19.1 Å². The van der Waals surface area contributed by atoms with Crippen LogP contribution < -0.4 is 10.5 Å². The van der Waals surface area contributed by atoms with Gasteiger partial charge in [-0.3, -0.25) is 4.68 Å². The number of benzene rings is 1. The molecular formula is C13H17FN4O2S. The molecule has 0 saturated carbocycles. The molecule has 0 atom stereocenters. The smallest absolute Gasteiger partial charge is 0.241 e. The molecule has 8 heteroatoms. The zero-order chi connectivity index (χ0) is 15.5. The molecule has 3 N–H and O–H groups in total. The Morgan fingerprint density at radius 2 is 2.19 bits per heavy atom. The standard InChI is InChI=1S/C13H17FN4O2S/c1-10-12(14)7-11(9-15)8-13(10)21(19,20)17-4-6-18-5-2-3-16-18/h2-3,5,7-8,17H,4,6,9,15H2,1H3. The number of halogens is 1. The summed E-state index contributed by atoms with van der Waals surface area (Å²) in [5, 5.41) is 3.97. The van der Waals surface area contributed by atoms with Gasteiger partial charge in [0.25, 0.3) is 0 Å². The number of aromatic nitrogens is 2. The summed E-state index contributed by atoms with van der Waals surface area (Å²) in [6.07, 6.45) is 3.34. The molecule has 6 nitrogen and oxygen atoms in total. The monoisotopic (exact) mass is 312 g/mol. The van der Waals surface area contributed by atoms with Crippen molar-refractivity contribution < 1.29 is 12.8 Å².